The van der Waals surface area contributed by atoms with Crippen molar-refractivity contribution >= 4 is 10.2 Å². The SMILES string of the molecule is CNCC1CCN(S(=O)(=O)NCCCCOC(C)C)CC1. The summed E-state index contributed by atoms with van der Waals surface area (Å²) < 4.78 is 34.0. The molecule has 6 nitrogen and oxygen atoms in total. The largest absolute Gasteiger partial charge is 0.379 e. The third-order valence-corrected chi connectivity index (χ3v) is 5.33. The van der Waals surface area contributed by atoms with E-state index < -0.39 is 10.2 Å². The minimum Gasteiger partial charge on any atom is -0.379 e. The van der Waals surface area contributed by atoms with E-state index in [0.717, 1.165) is 32.2 Å². The molecule has 2 N–H and O–H groups in total. The van der Waals surface area contributed by atoms with Crippen LogP contribution in [0.2, 0.25) is 0 Å². The molecule has 21 heavy (non-hydrogen) atoms. The zero-order valence-corrected chi connectivity index (χ0v) is 14.4. The average molecular weight is 321 g/mol. The Morgan fingerprint density at radius 1 is 1.24 bits per heavy atom. The fourth-order valence-corrected chi connectivity index (χ4v) is 3.76. The van der Waals surface area contributed by atoms with E-state index in [1.807, 2.05) is 20.9 Å². The molecule has 0 aromatic heterocycles. The van der Waals surface area contributed by atoms with Crippen molar-refractivity contribution in [3.8, 4) is 0 Å². The van der Waals surface area contributed by atoms with Crippen molar-refractivity contribution in [3.63, 3.8) is 0 Å². The van der Waals surface area contributed by atoms with Crippen LogP contribution in [-0.2, 0) is 14.9 Å². The second kappa shape index (κ2) is 9.74. The predicted octanol–water partition coefficient (Wildman–Crippen LogP) is 0.957. The van der Waals surface area contributed by atoms with Crippen LogP contribution in [0.1, 0.15) is 39.5 Å². The zero-order chi connectivity index (χ0) is 15.7. The molecule has 1 heterocycles. The van der Waals surface area contributed by atoms with E-state index in [-0.39, 0.29) is 6.10 Å². The number of unbranched alkanes of at least 4 members (excludes halogenated alkanes) is 1. The van der Waals surface area contributed by atoms with Crippen molar-refractivity contribution in [1.82, 2.24) is 14.3 Å². The van der Waals surface area contributed by atoms with Crippen molar-refractivity contribution in [3.05, 3.63) is 0 Å². The van der Waals surface area contributed by atoms with Crippen LogP contribution in [0, 0.1) is 5.92 Å². The van der Waals surface area contributed by atoms with Gasteiger partial charge < -0.3 is 10.1 Å². The molecule has 126 valence electrons. The molecule has 0 aromatic rings. The van der Waals surface area contributed by atoms with E-state index >= 15 is 0 Å². The maximum absolute atomic E-state index is 12.2. The summed E-state index contributed by atoms with van der Waals surface area (Å²) in [4.78, 5) is 0. The molecule has 0 atom stereocenters. The Labute approximate surface area is 129 Å². The van der Waals surface area contributed by atoms with Crippen molar-refractivity contribution in [2.24, 2.45) is 5.92 Å². The molecule has 0 radical (unpaired) electrons. The molecule has 1 rings (SSSR count). The minimum absolute atomic E-state index is 0.237. The van der Waals surface area contributed by atoms with Crippen LogP contribution < -0.4 is 10.0 Å². The third-order valence-electron chi connectivity index (χ3n) is 3.71. The van der Waals surface area contributed by atoms with Gasteiger partial charge in [0, 0.05) is 26.2 Å². The quantitative estimate of drug-likeness (QED) is 0.588. The minimum atomic E-state index is -3.30. The first kappa shape index (κ1) is 18.8. The topological polar surface area (TPSA) is 70.7 Å². The van der Waals surface area contributed by atoms with Gasteiger partial charge in [-0.1, -0.05) is 0 Å². The highest BCUT2D eigenvalue weighted by Gasteiger charge is 2.27. The summed E-state index contributed by atoms with van der Waals surface area (Å²) in [6, 6.07) is 0. The van der Waals surface area contributed by atoms with Gasteiger partial charge in [0.1, 0.15) is 0 Å². The molecule has 0 bridgehead atoms. The number of piperidine rings is 1. The normalized spacial score (nSPS) is 18.5. The Morgan fingerprint density at radius 3 is 2.48 bits per heavy atom. The molecule has 0 unspecified atom stereocenters. The van der Waals surface area contributed by atoms with Crippen molar-refractivity contribution in [2.45, 2.75) is 45.6 Å². The second-order valence-electron chi connectivity index (χ2n) is 5.93. The van der Waals surface area contributed by atoms with Crippen LogP contribution in [0.15, 0.2) is 0 Å². The summed E-state index contributed by atoms with van der Waals surface area (Å²) in [6.45, 7) is 7.39. The molecule has 0 aliphatic carbocycles. The molecule has 1 aliphatic rings. The lowest BCUT2D eigenvalue weighted by Gasteiger charge is -2.31. The Hall–Kier alpha value is -0.210. The van der Waals surface area contributed by atoms with Gasteiger partial charge in [0.25, 0.3) is 10.2 Å². The highest BCUT2D eigenvalue weighted by atomic mass is 32.2. The van der Waals surface area contributed by atoms with Crippen LogP contribution in [-0.4, -0.2) is 58.7 Å². The summed E-state index contributed by atoms with van der Waals surface area (Å²) in [5.41, 5.74) is 0. The summed E-state index contributed by atoms with van der Waals surface area (Å²) >= 11 is 0. The molecular weight excluding hydrogens is 290 g/mol. The van der Waals surface area contributed by atoms with Gasteiger partial charge in [-0.2, -0.15) is 12.7 Å². The number of rotatable bonds is 10. The Kier molecular flexibility index (Phi) is 8.73. The first-order valence-electron chi connectivity index (χ1n) is 7.96. The van der Waals surface area contributed by atoms with Gasteiger partial charge in [0.2, 0.25) is 0 Å². The van der Waals surface area contributed by atoms with Gasteiger partial charge in [-0.05, 0) is 59.0 Å². The fourth-order valence-electron chi connectivity index (χ4n) is 2.48. The van der Waals surface area contributed by atoms with Crippen molar-refractivity contribution < 1.29 is 13.2 Å². The lowest BCUT2D eigenvalue weighted by Crippen LogP contribution is -2.46. The van der Waals surface area contributed by atoms with Gasteiger partial charge in [0.05, 0.1) is 6.10 Å². The molecule has 0 aromatic carbocycles. The van der Waals surface area contributed by atoms with Crippen LogP contribution in [0.3, 0.4) is 0 Å². The summed E-state index contributed by atoms with van der Waals surface area (Å²) in [7, 11) is -1.36. The van der Waals surface area contributed by atoms with E-state index in [2.05, 4.69) is 10.0 Å². The molecule has 1 saturated heterocycles. The first-order valence-corrected chi connectivity index (χ1v) is 9.40. The number of ether oxygens (including phenoxy) is 1. The lowest BCUT2D eigenvalue weighted by atomic mass is 9.98. The number of hydrogen-bond donors (Lipinski definition) is 2. The maximum atomic E-state index is 12.2. The molecular formula is C14H31N3O3S. The summed E-state index contributed by atoms with van der Waals surface area (Å²) in [5, 5.41) is 3.16. The van der Waals surface area contributed by atoms with Gasteiger partial charge in [-0.25, -0.2) is 4.72 Å². The molecule has 0 saturated carbocycles. The van der Waals surface area contributed by atoms with Gasteiger partial charge in [-0.3, -0.25) is 0 Å². The maximum Gasteiger partial charge on any atom is 0.279 e. The molecule has 0 amide bonds. The lowest BCUT2D eigenvalue weighted by molar-refractivity contribution is 0.0762. The standard InChI is InChI=1S/C14H31N3O3S/c1-13(2)20-11-5-4-8-16-21(18,19)17-9-6-14(7-10-17)12-15-3/h13-16H,4-12H2,1-3H3. The monoisotopic (exact) mass is 321 g/mol. The molecule has 7 heteroatoms. The second-order valence-corrected chi connectivity index (χ2v) is 7.68. The van der Waals surface area contributed by atoms with Crippen molar-refractivity contribution in [2.75, 3.05) is 39.8 Å². The van der Waals surface area contributed by atoms with E-state index in [4.69, 9.17) is 4.74 Å². The third kappa shape index (κ3) is 7.56. The van der Waals surface area contributed by atoms with E-state index in [0.29, 0.717) is 32.2 Å². The van der Waals surface area contributed by atoms with Gasteiger partial charge in [-0.15, -0.1) is 0 Å². The van der Waals surface area contributed by atoms with E-state index in [1.165, 1.54) is 0 Å². The molecule has 1 fully saturated rings. The summed E-state index contributed by atoms with van der Waals surface area (Å²) in [6.07, 6.45) is 3.79. The Morgan fingerprint density at radius 2 is 1.90 bits per heavy atom. The Bertz CT molecular complexity index is 366. The first-order chi connectivity index (χ1) is 9.95. The van der Waals surface area contributed by atoms with Crippen LogP contribution in [0.4, 0.5) is 0 Å². The van der Waals surface area contributed by atoms with Crippen LogP contribution in [0.25, 0.3) is 0 Å². The van der Waals surface area contributed by atoms with Crippen LogP contribution in [0.5, 0.6) is 0 Å². The van der Waals surface area contributed by atoms with Gasteiger partial charge in [0.15, 0.2) is 0 Å². The predicted molar refractivity (Wildman–Crippen MR) is 85.5 cm³/mol. The highest BCUT2D eigenvalue weighted by molar-refractivity contribution is 7.87. The van der Waals surface area contributed by atoms with E-state index in [1.54, 1.807) is 4.31 Å². The van der Waals surface area contributed by atoms with E-state index in [9.17, 15) is 8.42 Å². The molecule has 1 aliphatic heterocycles. The highest BCUT2D eigenvalue weighted by Crippen LogP contribution is 2.18. The van der Waals surface area contributed by atoms with Crippen LogP contribution >= 0.6 is 0 Å². The average Bonchev–Trinajstić information content (AvgIpc) is 2.43. The Balaban J connectivity index is 2.19. The number of nitrogens with zero attached hydrogens (tertiary/aromatic N) is 1. The van der Waals surface area contributed by atoms with Gasteiger partial charge >= 0.3 is 0 Å². The summed E-state index contributed by atoms with van der Waals surface area (Å²) in [5.74, 6) is 0.592. The molecule has 0 spiro atoms. The fraction of sp³-hybridized carbons (Fsp3) is 1.00. The van der Waals surface area contributed by atoms with Crippen molar-refractivity contribution in [1.29, 1.82) is 0 Å². The number of hydrogen-bond acceptors (Lipinski definition) is 4. The zero-order valence-electron chi connectivity index (χ0n) is 13.6. The smallest absolute Gasteiger partial charge is 0.279 e. The number of nitrogens with one attached hydrogen (secondary N) is 2.